The van der Waals surface area contributed by atoms with Crippen LogP contribution in [0.5, 0.6) is 0 Å². The molecule has 2 aromatic rings. The summed E-state index contributed by atoms with van der Waals surface area (Å²) >= 11 is 0. The Kier molecular flexibility index (Phi) is 4.55. The van der Waals surface area contributed by atoms with Gasteiger partial charge < -0.3 is 15.5 Å². The first-order valence-electron chi connectivity index (χ1n) is 9.16. The molecule has 7 nitrogen and oxygen atoms in total. The predicted molar refractivity (Wildman–Crippen MR) is 99.9 cm³/mol. The maximum Gasteiger partial charge on any atom is 0.239 e. The van der Waals surface area contributed by atoms with Crippen molar-refractivity contribution >= 4 is 11.9 Å². The van der Waals surface area contributed by atoms with Crippen molar-refractivity contribution < 1.29 is 4.79 Å². The second-order valence-electron chi connectivity index (χ2n) is 7.06. The summed E-state index contributed by atoms with van der Waals surface area (Å²) in [6, 6.07) is 6.10. The Hall–Kier alpha value is -2.54. The highest BCUT2D eigenvalue weighted by Gasteiger charge is 2.31. The van der Waals surface area contributed by atoms with E-state index in [2.05, 4.69) is 25.5 Å². The number of pyridine rings is 1. The normalized spacial score (nSPS) is 20.1. The summed E-state index contributed by atoms with van der Waals surface area (Å²) in [4.78, 5) is 28.1. The predicted octanol–water partition coefficient (Wildman–Crippen LogP) is 1.21. The molecule has 26 heavy (non-hydrogen) atoms. The first-order valence-corrected chi connectivity index (χ1v) is 9.16. The molecule has 2 N–H and O–H groups in total. The molecule has 1 saturated carbocycles. The molecule has 4 rings (SSSR count). The van der Waals surface area contributed by atoms with Crippen molar-refractivity contribution in [1.82, 2.24) is 25.6 Å². The molecule has 0 bridgehead atoms. The van der Waals surface area contributed by atoms with Crippen molar-refractivity contribution in [3.05, 3.63) is 35.8 Å². The summed E-state index contributed by atoms with van der Waals surface area (Å²) < 4.78 is 0. The van der Waals surface area contributed by atoms with Crippen molar-refractivity contribution in [2.45, 2.75) is 38.8 Å². The minimum atomic E-state index is -0.223. The van der Waals surface area contributed by atoms with Crippen molar-refractivity contribution in [3.63, 3.8) is 0 Å². The number of hydrogen-bond donors (Lipinski definition) is 2. The van der Waals surface area contributed by atoms with Gasteiger partial charge in [-0.05, 0) is 44.9 Å². The van der Waals surface area contributed by atoms with Gasteiger partial charge in [0.25, 0.3) is 0 Å². The van der Waals surface area contributed by atoms with Crippen LogP contribution in [0, 0.1) is 13.8 Å². The van der Waals surface area contributed by atoms with Crippen LogP contribution in [-0.4, -0.2) is 52.6 Å². The number of carbonyl (C=O) groups is 1. The van der Waals surface area contributed by atoms with Crippen molar-refractivity contribution in [1.29, 1.82) is 0 Å². The molecule has 2 aliphatic rings. The average Bonchev–Trinajstić information content (AvgIpc) is 3.46. The van der Waals surface area contributed by atoms with Crippen LogP contribution in [0.25, 0.3) is 11.3 Å². The Morgan fingerprint density at radius 3 is 2.85 bits per heavy atom. The number of amides is 1. The number of carbonyl (C=O) groups excluding carboxylic acids is 1. The quantitative estimate of drug-likeness (QED) is 0.861. The standard InChI is InChI=1S/C19H24N6O/c1-12-3-6-15(13(2)22-12)16-7-8-21-19(24-16)25-10-9-20-17(11-25)18(26)23-14-4-5-14/h3,6-8,14,17,20H,4-5,9-11H2,1-2H3,(H,23,26). The summed E-state index contributed by atoms with van der Waals surface area (Å²) in [7, 11) is 0. The van der Waals surface area contributed by atoms with E-state index in [1.165, 1.54) is 0 Å². The van der Waals surface area contributed by atoms with E-state index in [1.54, 1.807) is 6.20 Å². The van der Waals surface area contributed by atoms with E-state index >= 15 is 0 Å². The Balaban J connectivity index is 1.52. The van der Waals surface area contributed by atoms with E-state index < -0.39 is 0 Å². The van der Waals surface area contributed by atoms with Crippen molar-refractivity contribution in [3.8, 4) is 11.3 Å². The zero-order valence-corrected chi connectivity index (χ0v) is 15.2. The third kappa shape index (κ3) is 3.67. The summed E-state index contributed by atoms with van der Waals surface area (Å²) in [5.74, 6) is 0.736. The number of nitrogens with one attached hydrogen (secondary N) is 2. The summed E-state index contributed by atoms with van der Waals surface area (Å²) in [6.45, 7) is 6.07. The number of aromatic nitrogens is 3. The Labute approximate surface area is 153 Å². The highest BCUT2D eigenvalue weighted by atomic mass is 16.2. The summed E-state index contributed by atoms with van der Waals surface area (Å²) in [6.07, 6.45) is 3.97. The molecule has 0 radical (unpaired) electrons. The molecule has 1 saturated heterocycles. The van der Waals surface area contributed by atoms with Crippen LogP contribution in [0.3, 0.4) is 0 Å². The maximum absolute atomic E-state index is 12.3. The van der Waals surface area contributed by atoms with Crippen LogP contribution in [0.1, 0.15) is 24.2 Å². The fourth-order valence-corrected chi connectivity index (χ4v) is 3.24. The fraction of sp³-hybridized carbons (Fsp3) is 0.474. The molecule has 2 fully saturated rings. The molecule has 1 atom stereocenters. The monoisotopic (exact) mass is 352 g/mol. The zero-order valence-electron chi connectivity index (χ0n) is 15.2. The Morgan fingerprint density at radius 2 is 2.08 bits per heavy atom. The first-order chi connectivity index (χ1) is 12.6. The fourth-order valence-electron chi connectivity index (χ4n) is 3.24. The smallest absolute Gasteiger partial charge is 0.239 e. The second-order valence-corrected chi connectivity index (χ2v) is 7.06. The van der Waals surface area contributed by atoms with Gasteiger partial charge in [0.15, 0.2) is 0 Å². The molecule has 3 heterocycles. The zero-order chi connectivity index (χ0) is 18.1. The van der Waals surface area contributed by atoms with E-state index in [-0.39, 0.29) is 11.9 Å². The average molecular weight is 352 g/mol. The van der Waals surface area contributed by atoms with Gasteiger partial charge in [0.05, 0.1) is 5.69 Å². The molecular formula is C19H24N6O. The number of hydrogen-bond acceptors (Lipinski definition) is 6. The van der Waals surface area contributed by atoms with E-state index in [4.69, 9.17) is 4.98 Å². The van der Waals surface area contributed by atoms with Crippen molar-refractivity contribution in [2.75, 3.05) is 24.5 Å². The van der Waals surface area contributed by atoms with Crippen molar-refractivity contribution in [2.24, 2.45) is 0 Å². The molecule has 136 valence electrons. The molecule has 0 spiro atoms. The molecular weight excluding hydrogens is 328 g/mol. The van der Waals surface area contributed by atoms with Gasteiger partial charge in [0.2, 0.25) is 11.9 Å². The topological polar surface area (TPSA) is 83.0 Å². The lowest BCUT2D eigenvalue weighted by Crippen LogP contribution is -2.57. The van der Waals surface area contributed by atoms with Crippen LogP contribution in [-0.2, 0) is 4.79 Å². The van der Waals surface area contributed by atoms with Gasteiger partial charge in [-0.2, -0.15) is 0 Å². The molecule has 1 amide bonds. The Bertz CT molecular complexity index is 819. The van der Waals surface area contributed by atoms with E-state index in [0.717, 1.165) is 48.6 Å². The lowest BCUT2D eigenvalue weighted by Gasteiger charge is -2.33. The highest BCUT2D eigenvalue weighted by Crippen LogP contribution is 2.23. The minimum absolute atomic E-state index is 0.0759. The third-order valence-corrected chi connectivity index (χ3v) is 4.84. The maximum atomic E-state index is 12.3. The lowest BCUT2D eigenvalue weighted by atomic mass is 10.1. The lowest BCUT2D eigenvalue weighted by molar-refractivity contribution is -0.123. The highest BCUT2D eigenvalue weighted by molar-refractivity contribution is 5.83. The second kappa shape index (κ2) is 6.99. The molecule has 0 aromatic carbocycles. The summed E-state index contributed by atoms with van der Waals surface area (Å²) in [5, 5.41) is 6.36. The van der Waals surface area contributed by atoms with Crippen LogP contribution >= 0.6 is 0 Å². The minimum Gasteiger partial charge on any atom is -0.352 e. The largest absolute Gasteiger partial charge is 0.352 e. The number of anilines is 1. The van der Waals surface area contributed by atoms with Crippen LogP contribution < -0.4 is 15.5 Å². The molecule has 1 aliphatic carbocycles. The summed E-state index contributed by atoms with van der Waals surface area (Å²) in [5.41, 5.74) is 3.82. The van der Waals surface area contributed by atoms with Crippen LogP contribution in [0.4, 0.5) is 5.95 Å². The molecule has 1 unspecified atom stereocenters. The first kappa shape index (κ1) is 16.9. The number of nitrogens with zero attached hydrogens (tertiary/aromatic N) is 4. The van der Waals surface area contributed by atoms with Crippen LogP contribution in [0.2, 0.25) is 0 Å². The van der Waals surface area contributed by atoms with Gasteiger partial charge in [-0.15, -0.1) is 0 Å². The molecule has 1 aliphatic heterocycles. The number of piperazine rings is 1. The molecule has 2 aromatic heterocycles. The van der Waals surface area contributed by atoms with Gasteiger partial charge in [0, 0.05) is 48.8 Å². The third-order valence-electron chi connectivity index (χ3n) is 4.84. The SMILES string of the molecule is Cc1ccc(-c2ccnc(N3CCNC(C(=O)NC4CC4)C3)n2)c(C)n1. The van der Waals surface area contributed by atoms with Gasteiger partial charge in [0.1, 0.15) is 6.04 Å². The van der Waals surface area contributed by atoms with Gasteiger partial charge in [-0.3, -0.25) is 9.78 Å². The van der Waals surface area contributed by atoms with E-state index in [1.807, 2.05) is 32.0 Å². The van der Waals surface area contributed by atoms with Crippen LogP contribution in [0.15, 0.2) is 24.4 Å². The number of aryl methyl sites for hydroxylation is 2. The molecule has 7 heteroatoms. The van der Waals surface area contributed by atoms with E-state index in [0.29, 0.717) is 18.5 Å². The van der Waals surface area contributed by atoms with Gasteiger partial charge in [-0.25, -0.2) is 9.97 Å². The van der Waals surface area contributed by atoms with Gasteiger partial charge in [-0.1, -0.05) is 0 Å². The van der Waals surface area contributed by atoms with E-state index in [9.17, 15) is 4.79 Å². The van der Waals surface area contributed by atoms with Gasteiger partial charge >= 0.3 is 0 Å². The Morgan fingerprint density at radius 1 is 1.23 bits per heavy atom. The number of rotatable bonds is 4.